The molecule has 4 heterocycles. The van der Waals surface area contributed by atoms with Crippen LogP contribution in [-0.4, -0.2) is 191 Å². The minimum atomic E-state index is -1.77. The first-order valence-corrected chi connectivity index (χ1v) is 22.0. The Morgan fingerprint density at radius 1 is 0.687 bits per heavy atom. The molecule has 67 heavy (non-hydrogen) atoms. The molecular weight excluding hydrogens is 896 g/mol. The Labute approximate surface area is 386 Å². The Hall–Kier alpha value is -4.08. The number of hydrogen-bond acceptors (Lipinski definition) is 23. The summed E-state index contributed by atoms with van der Waals surface area (Å²) >= 11 is 0. The monoisotopic (exact) mass is 960 g/mol. The van der Waals surface area contributed by atoms with Crippen molar-refractivity contribution in [2.24, 2.45) is 35.5 Å². The van der Waals surface area contributed by atoms with Crippen molar-refractivity contribution in [3.8, 4) is 0 Å². The minimum absolute atomic E-state index is 0.0581. The van der Waals surface area contributed by atoms with Crippen LogP contribution in [0.5, 0.6) is 0 Å². The summed E-state index contributed by atoms with van der Waals surface area (Å²) in [6.07, 6.45) is -15.1. The minimum Gasteiger partial charge on any atom is -0.468 e. The van der Waals surface area contributed by atoms with Gasteiger partial charge in [0.2, 0.25) is 12.6 Å². The Bertz CT molecular complexity index is 1840. The lowest BCUT2D eigenvalue weighted by atomic mass is 9.83. The fourth-order valence-corrected chi connectivity index (χ4v) is 9.11. The van der Waals surface area contributed by atoms with Crippen LogP contribution in [0.25, 0.3) is 0 Å². The Kier molecular flexibility index (Phi) is 19.3. The summed E-state index contributed by atoms with van der Waals surface area (Å²) < 4.78 is 55.2. The van der Waals surface area contributed by atoms with Gasteiger partial charge in [0, 0.05) is 28.9 Å². The highest BCUT2D eigenvalue weighted by Crippen LogP contribution is 2.43. The lowest BCUT2D eigenvalue weighted by Crippen LogP contribution is -2.60. The molecule has 0 aromatic rings. The van der Waals surface area contributed by atoms with E-state index in [1.165, 1.54) is 12.2 Å². The SMILES string of the molecule is CC=C1[C@H](O[C@@H]2O[C@H](CO)[C@@H](O)[C@H](O)[C@H]2O)OC=C(C(=O)OC)[C@H]1CC(=O)OC[C@H]1[C@@H](C)[C@@H](O)C[C@H]1[C@@H](C)COC(=O)C[C@@H]1C(C(=O)OC)=CO[C@@H](O[C@@H]2O[C@H](CO)[C@@H](O)[C@H](O)[C@H]2O)/C1=C/C. The molecule has 0 spiro atoms. The molecule has 4 aliphatic heterocycles. The van der Waals surface area contributed by atoms with E-state index < -0.39 is 148 Å². The lowest BCUT2D eigenvalue weighted by molar-refractivity contribution is -0.327. The standard InChI is InChI=1S/C44H64O23/c1-7-20-23(26(39(56)58-5)16-62-41(20)66-43-37(54)35(52)33(50)29(12-45)64-43)10-31(48)60-14-18(3)22-9-28(47)19(4)25(22)15-61-32(49)11-24-21(8-2)42(63-17-27(24)40(57)59-6)67-44-38(55)36(53)34(51)30(13-46)65-44/h7-8,16-19,22-25,28-30,33-38,41-47,50-55H,9-15H2,1-6H3/b20-7+,21-8?/t18-,19+,22-,23-,24-,25-,28-,29+,30+,33+,34+,35-,36-,37+,38+,41-,42-,43-,44-/m0/s1. The van der Waals surface area contributed by atoms with Crippen LogP contribution < -0.4 is 0 Å². The highest BCUT2D eigenvalue weighted by molar-refractivity contribution is 5.91. The van der Waals surface area contributed by atoms with Gasteiger partial charge in [0.15, 0.2) is 12.6 Å². The Morgan fingerprint density at radius 3 is 1.52 bits per heavy atom. The molecule has 1 saturated carbocycles. The van der Waals surface area contributed by atoms with E-state index >= 15 is 0 Å². The molecule has 0 aromatic heterocycles. The molecule has 0 radical (unpaired) electrons. The maximum atomic E-state index is 13.6. The normalized spacial score (nSPS) is 39.3. The highest BCUT2D eigenvalue weighted by Gasteiger charge is 2.49. The Morgan fingerprint density at radius 2 is 1.12 bits per heavy atom. The number of allylic oxidation sites excluding steroid dienone is 2. The van der Waals surface area contributed by atoms with Crippen molar-refractivity contribution in [2.75, 3.05) is 40.6 Å². The van der Waals surface area contributed by atoms with Crippen LogP contribution in [0.3, 0.4) is 0 Å². The molecule has 378 valence electrons. The number of rotatable bonds is 17. The van der Waals surface area contributed by atoms with E-state index in [2.05, 4.69) is 0 Å². The molecule has 0 amide bonds. The molecule has 5 rings (SSSR count). The number of ether oxygens (including phenoxy) is 10. The summed E-state index contributed by atoms with van der Waals surface area (Å²) in [5, 5.41) is 92.2. The van der Waals surface area contributed by atoms with Gasteiger partial charge in [0.05, 0.1) is 83.3 Å². The molecule has 23 nitrogen and oxygen atoms in total. The summed E-state index contributed by atoms with van der Waals surface area (Å²) in [6.45, 7) is 5.05. The van der Waals surface area contributed by atoms with Crippen LogP contribution in [0.4, 0.5) is 0 Å². The first-order chi connectivity index (χ1) is 31.8. The largest absolute Gasteiger partial charge is 0.468 e. The van der Waals surface area contributed by atoms with Gasteiger partial charge in [-0.2, -0.15) is 0 Å². The molecule has 9 N–H and O–H groups in total. The second-order valence-corrected chi connectivity index (χ2v) is 17.2. The molecule has 2 saturated heterocycles. The molecule has 23 heteroatoms. The van der Waals surface area contributed by atoms with Gasteiger partial charge in [0.1, 0.15) is 48.8 Å². The Balaban J connectivity index is 1.22. The third-order valence-corrected chi connectivity index (χ3v) is 13.2. The van der Waals surface area contributed by atoms with Gasteiger partial charge >= 0.3 is 23.9 Å². The van der Waals surface area contributed by atoms with E-state index in [1.807, 2.05) is 0 Å². The van der Waals surface area contributed by atoms with Gasteiger partial charge in [-0.05, 0) is 38.0 Å². The van der Waals surface area contributed by atoms with Crippen LogP contribution >= 0.6 is 0 Å². The van der Waals surface area contributed by atoms with Crippen molar-refractivity contribution in [3.63, 3.8) is 0 Å². The topological polar surface area (TPSA) is 343 Å². The second-order valence-electron chi connectivity index (χ2n) is 17.2. The van der Waals surface area contributed by atoms with E-state index in [0.717, 1.165) is 26.7 Å². The van der Waals surface area contributed by atoms with Crippen LogP contribution in [0.2, 0.25) is 0 Å². The van der Waals surface area contributed by atoms with Crippen LogP contribution in [0.15, 0.2) is 47.0 Å². The number of hydrogen-bond donors (Lipinski definition) is 9. The smallest absolute Gasteiger partial charge is 0.337 e. The first-order valence-electron chi connectivity index (χ1n) is 22.0. The zero-order valence-corrected chi connectivity index (χ0v) is 38.0. The van der Waals surface area contributed by atoms with Crippen molar-refractivity contribution in [1.82, 2.24) is 0 Å². The predicted molar refractivity (Wildman–Crippen MR) is 221 cm³/mol. The average molecular weight is 961 g/mol. The molecule has 19 atom stereocenters. The quantitative estimate of drug-likeness (QED) is 0.0421. The van der Waals surface area contributed by atoms with E-state index in [9.17, 15) is 65.1 Å². The lowest BCUT2D eigenvalue weighted by Gasteiger charge is -2.42. The molecule has 1 aliphatic carbocycles. The summed E-state index contributed by atoms with van der Waals surface area (Å²) in [5.74, 6) is -6.67. The molecule has 0 aromatic carbocycles. The zero-order valence-electron chi connectivity index (χ0n) is 38.0. The molecule has 0 unspecified atom stereocenters. The predicted octanol–water partition coefficient (Wildman–Crippen LogP) is -2.29. The number of carbonyl (C=O) groups is 4. The van der Waals surface area contributed by atoms with Gasteiger partial charge in [0.25, 0.3) is 0 Å². The molecule has 5 aliphatic rings. The van der Waals surface area contributed by atoms with E-state index in [0.29, 0.717) is 0 Å². The van der Waals surface area contributed by atoms with Crippen LogP contribution in [0, 0.1) is 35.5 Å². The fourth-order valence-electron chi connectivity index (χ4n) is 9.11. The van der Waals surface area contributed by atoms with E-state index in [4.69, 9.17) is 47.4 Å². The molecule has 3 fully saturated rings. The van der Waals surface area contributed by atoms with Gasteiger partial charge in [-0.1, -0.05) is 26.0 Å². The third kappa shape index (κ3) is 12.0. The summed E-state index contributed by atoms with van der Waals surface area (Å²) in [6, 6.07) is 0. The first kappa shape index (κ1) is 53.9. The highest BCUT2D eigenvalue weighted by atomic mass is 16.8. The number of carbonyl (C=O) groups excluding carboxylic acids is 4. The zero-order chi connectivity index (χ0) is 49.4. The molecule has 0 bridgehead atoms. The van der Waals surface area contributed by atoms with Crippen molar-refractivity contribution >= 4 is 23.9 Å². The van der Waals surface area contributed by atoms with E-state index in [1.54, 1.807) is 27.7 Å². The number of aliphatic hydroxyl groups is 9. The van der Waals surface area contributed by atoms with Crippen molar-refractivity contribution in [3.05, 3.63) is 47.0 Å². The summed E-state index contributed by atoms with van der Waals surface area (Å²) in [7, 11) is 2.28. The van der Waals surface area contributed by atoms with Crippen molar-refractivity contribution in [1.29, 1.82) is 0 Å². The molecular formula is C44H64O23. The van der Waals surface area contributed by atoms with E-state index in [-0.39, 0.29) is 59.7 Å². The van der Waals surface area contributed by atoms with Crippen molar-refractivity contribution < 1.29 is 113 Å². The number of esters is 4. The second kappa shape index (κ2) is 24.0. The fraction of sp³-hybridized carbons (Fsp3) is 0.727. The van der Waals surface area contributed by atoms with Gasteiger partial charge in [-0.3, -0.25) is 9.59 Å². The summed E-state index contributed by atoms with van der Waals surface area (Å²) in [5.41, 5.74) is 0.334. The third-order valence-electron chi connectivity index (χ3n) is 13.2. The van der Waals surface area contributed by atoms with Crippen LogP contribution in [0.1, 0.15) is 47.0 Å². The van der Waals surface area contributed by atoms with Crippen LogP contribution in [-0.2, 0) is 66.5 Å². The van der Waals surface area contributed by atoms with Gasteiger partial charge < -0.3 is 93.3 Å². The average Bonchev–Trinajstić information content (AvgIpc) is 3.61. The summed E-state index contributed by atoms with van der Waals surface area (Å²) in [4.78, 5) is 52.9. The van der Waals surface area contributed by atoms with Crippen molar-refractivity contribution in [2.45, 2.75) is 127 Å². The van der Waals surface area contributed by atoms with Gasteiger partial charge in [-0.15, -0.1) is 0 Å². The van der Waals surface area contributed by atoms with Gasteiger partial charge in [-0.25, -0.2) is 9.59 Å². The maximum Gasteiger partial charge on any atom is 0.337 e. The maximum absolute atomic E-state index is 13.6. The number of methoxy groups -OCH3 is 2. The number of aliphatic hydroxyl groups excluding tert-OH is 9.